The van der Waals surface area contributed by atoms with Crippen LogP contribution in [0.5, 0.6) is 0 Å². The van der Waals surface area contributed by atoms with Crippen molar-refractivity contribution < 1.29 is 14.3 Å². The van der Waals surface area contributed by atoms with Crippen LogP contribution < -0.4 is 0 Å². The molecule has 0 radical (unpaired) electrons. The molecule has 1 heterocycles. The molecule has 1 saturated heterocycles. The fourth-order valence-corrected chi connectivity index (χ4v) is 1.88. The standard InChI is InChI=1S/C13H23NO3/c1-5-17-12(15)10-11(13(2,3)4)14-6-8-16-9-7-14/h10H,5-9H2,1-4H3/b11-10+. The van der Waals surface area contributed by atoms with E-state index in [0.29, 0.717) is 6.61 Å². The van der Waals surface area contributed by atoms with Crippen molar-refractivity contribution >= 4 is 5.97 Å². The Hall–Kier alpha value is -1.03. The zero-order valence-electron chi connectivity index (χ0n) is 11.3. The number of carbonyl (C=O) groups is 1. The summed E-state index contributed by atoms with van der Waals surface area (Å²) in [6.45, 7) is 11.7. The van der Waals surface area contributed by atoms with Gasteiger partial charge in [0.25, 0.3) is 0 Å². The summed E-state index contributed by atoms with van der Waals surface area (Å²) in [6.07, 6.45) is 1.62. The first kappa shape index (κ1) is 14.0. The molecule has 0 bridgehead atoms. The van der Waals surface area contributed by atoms with E-state index in [1.165, 1.54) is 0 Å². The molecule has 0 saturated carbocycles. The Bertz CT molecular complexity index is 286. The molecule has 1 rings (SSSR count). The maximum absolute atomic E-state index is 11.6. The van der Waals surface area contributed by atoms with Crippen LogP contribution in [0.25, 0.3) is 0 Å². The van der Waals surface area contributed by atoms with Gasteiger partial charge in [0.05, 0.1) is 19.8 Å². The zero-order valence-corrected chi connectivity index (χ0v) is 11.3. The topological polar surface area (TPSA) is 38.8 Å². The Morgan fingerprint density at radius 2 is 1.94 bits per heavy atom. The SMILES string of the molecule is CCOC(=O)/C=C(/N1CCOCC1)C(C)(C)C. The molecule has 0 aliphatic carbocycles. The van der Waals surface area contributed by atoms with E-state index < -0.39 is 0 Å². The van der Waals surface area contributed by atoms with E-state index in [1.807, 2.05) is 6.92 Å². The van der Waals surface area contributed by atoms with E-state index in [1.54, 1.807) is 6.08 Å². The lowest BCUT2D eigenvalue weighted by Gasteiger charge is -2.37. The minimum absolute atomic E-state index is 0.0654. The molecular formula is C13H23NO3. The Kier molecular flexibility index (Phi) is 5.00. The number of allylic oxidation sites excluding steroid dienone is 1. The minimum Gasteiger partial charge on any atom is -0.463 e. The summed E-state index contributed by atoms with van der Waals surface area (Å²) >= 11 is 0. The van der Waals surface area contributed by atoms with Crippen molar-refractivity contribution in [1.29, 1.82) is 0 Å². The van der Waals surface area contributed by atoms with E-state index in [-0.39, 0.29) is 11.4 Å². The van der Waals surface area contributed by atoms with Gasteiger partial charge in [0.15, 0.2) is 0 Å². The average molecular weight is 241 g/mol. The van der Waals surface area contributed by atoms with E-state index >= 15 is 0 Å². The van der Waals surface area contributed by atoms with Gasteiger partial charge >= 0.3 is 5.97 Å². The lowest BCUT2D eigenvalue weighted by atomic mass is 9.90. The van der Waals surface area contributed by atoms with Crippen LogP contribution in [0.3, 0.4) is 0 Å². The van der Waals surface area contributed by atoms with Crippen molar-refractivity contribution in [2.45, 2.75) is 27.7 Å². The van der Waals surface area contributed by atoms with Crippen molar-refractivity contribution in [1.82, 2.24) is 4.90 Å². The first-order valence-corrected chi connectivity index (χ1v) is 6.16. The van der Waals surface area contributed by atoms with Crippen molar-refractivity contribution in [2.24, 2.45) is 5.41 Å². The van der Waals surface area contributed by atoms with E-state index in [4.69, 9.17) is 9.47 Å². The van der Waals surface area contributed by atoms with Crippen molar-refractivity contribution in [3.05, 3.63) is 11.8 Å². The van der Waals surface area contributed by atoms with Gasteiger partial charge in [0, 0.05) is 30.3 Å². The first-order valence-electron chi connectivity index (χ1n) is 6.16. The van der Waals surface area contributed by atoms with E-state index in [2.05, 4.69) is 25.7 Å². The maximum Gasteiger partial charge on any atom is 0.332 e. The van der Waals surface area contributed by atoms with Crippen LogP contribution in [-0.4, -0.2) is 43.8 Å². The number of ether oxygens (including phenoxy) is 2. The fraction of sp³-hybridized carbons (Fsp3) is 0.769. The summed E-state index contributed by atoms with van der Waals surface area (Å²) in [5, 5.41) is 0. The zero-order chi connectivity index (χ0) is 12.9. The summed E-state index contributed by atoms with van der Waals surface area (Å²) in [4.78, 5) is 13.8. The highest BCUT2D eigenvalue weighted by atomic mass is 16.5. The Morgan fingerprint density at radius 1 is 1.35 bits per heavy atom. The van der Waals surface area contributed by atoms with E-state index in [9.17, 15) is 4.79 Å². The summed E-state index contributed by atoms with van der Waals surface area (Å²) < 4.78 is 10.3. The third kappa shape index (κ3) is 4.38. The van der Waals surface area contributed by atoms with Crippen molar-refractivity contribution in [3.63, 3.8) is 0 Å². The second kappa shape index (κ2) is 6.05. The summed E-state index contributed by atoms with van der Waals surface area (Å²) in [5.74, 6) is -0.260. The molecule has 0 aromatic rings. The fourth-order valence-electron chi connectivity index (χ4n) is 1.88. The molecule has 1 fully saturated rings. The van der Waals surface area contributed by atoms with Gasteiger partial charge in [0.2, 0.25) is 0 Å². The number of morpholine rings is 1. The number of nitrogens with zero attached hydrogens (tertiary/aromatic N) is 1. The molecule has 0 amide bonds. The highest BCUT2D eigenvalue weighted by molar-refractivity contribution is 5.82. The molecule has 0 aromatic heterocycles. The average Bonchev–Trinajstić information content (AvgIpc) is 2.26. The number of hydrogen-bond acceptors (Lipinski definition) is 4. The van der Waals surface area contributed by atoms with Crippen LogP contribution >= 0.6 is 0 Å². The number of esters is 1. The molecule has 4 nitrogen and oxygen atoms in total. The monoisotopic (exact) mass is 241 g/mol. The quantitative estimate of drug-likeness (QED) is 0.558. The molecule has 1 aliphatic heterocycles. The summed E-state index contributed by atoms with van der Waals surface area (Å²) in [6, 6.07) is 0. The van der Waals surface area contributed by atoms with Gasteiger partial charge in [-0.2, -0.15) is 0 Å². The van der Waals surface area contributed by atoms with Crippen LogP contribution in [0.4, 0.5) is 0 Å². The molecule has 0 spiro atoms. The van der Waals surface area contributed by atoms with Gasteiger partial charge in [-0.15, -0.1) is 0 Å². The highest BCUT2D eigenvalue weighted by Crippen LogP contribution is 2.28. The van der Waals surface area contributed by atoms with Gasteiger partial charge in [-0.25, -0.2) is 4.79 Å². The van der Waals surface area contributed by atoms with Gasteiger partial charge in [-0.05, 0) is 6.92 Å². The normalized spacial score (nSPS) is 18.1. The predicted molar refractivity (Wildman–Crippen MR) is 66.6 cm³/mol. The molecular weight excluding hydrogens is 218 g/mol. The summed E-state index contributed by atoms with van der Waals surface area (Å²) in [5.41, 5.74) is 0.962. The molecule has 98 valence electrons. The smallest absolute Gasteiger partial charge is 0.332 e. The molecule has 0 atom stereocenters. The second-order valence-corrected chi connectivity index (χ2v) is 5.13. The lowest BCUT2D eigenvalue weighted by molar-refractivity contribution is -0.137. The first-order chi connectivity index (χ1) is 7.95. The minimum atomic E-state index is -0.260. The van der Waals surface area contributed by atoms with Gasteiger partial charge < -0.3 is 14.4 Å². The van der Waals surface area contributed by atoms with Crippen LogP contribution in [0.15, 0.2) is 11.8 Å². The van der Waals surface area contributed by atoms with Crippen LogP contribution in [0.2, 0.25) is 0 Å². The van der Waals surface area contributed by atoms with E-state index in [0.717, 1.165) is 32.0 Å². The predicted octanol–water partition coefficient (Wildman–Crippen LogP) is 1.81. The Morgan fingerprint density at radius 3 is 2.41 bits per heavy atom. The number of carbonyl (C=O) groups excluding carboxylic acids is 1. The van der Waals surface area contributed by atoms with Crippen LogP contribution in [0.1, 0.15) is 27.7 Å². The lowest BCUT2D eigenvalue weighted by Crippen LogP contribution is -2.39. The molecule has 0 N–H and O–H groups in total. The number of hydrogen-bond donors (Lipinski definition) is 0. The Balaban J connectivity index is 2.83. The Labute approximate surface area is 104 Å². The van der Waals surface area contributed by atoms with Gasteiger partial charge in [-0.1, -0.05) is 20.8 Å². The molecule has 0 aromatic carbocycles. The molecule has 1 aliphatic rings. The molecule has 17 heavy (non-hydrogen) atoms. The van der Waals surface area contributed by atoms with Gasteiger partial charge in [-0.3, -0.25) is 0 Å². The highest BCUT2D eigenvalue weighted by Gasteiger charge is 2.25. The third-order valence-corrected chi connectivity index (χ3v) is 2.66. The second-order valence-electron chi connectivity index (χ2n) is 5.13. The van der Waals surface area contributed by atoms with Gasteiger partial charge in [0.1, 0.15) is 0 Å². The van der Waals surface area contributed by atoms with Crippen LogP contribution in [0, 0.1) is 5.41 Å². The molecule has 4 heteroatoms. The molecule has 0 unspecified atom stereocenters. The summed E-state index contributed by atoms with van der Waals surface area (Å²) in [7, 11) is 0. The largest absolute Gasteiger partial charge is 0.463 e. The van der Waals surface area contributed by atoms with Crippen molar-refractivity contribution in [2.75, 3.05) is 32.9 Å². The van der Waals surface area contributed by atoms with Crippen LogP contribution in [-0.2, 0) is 14.3 Å². The maximum atomic E-state index is 11.6. The van der Waals surface area contributed by atoms with Crippen molar-refractivity contribution in [3.8, 4) is 0 Å². The third-order valence-electron chi connectivity index (χ3n) is 2.66. The number of rotatable bonds is 3.